The Bertz CT molecular complexity index is 571. The summed E-state index contributed by atoms with van der Waals surface area (Å²) in [6.45, 7) is 45.3. The highest BCUT2D eigenvalue weighted by molar-refractivity contribution is 8.27. The molecule has 1 fully saturated rings. The lowest BCUT2D eigenvalue weighted by Gasteiger charge is -2.90. The SMILES string of the molecule is CC(C)(C)[Si]1(Cl)[Si](C(C)(C)C)(C(C)(C)C)[Si](Cl)(C(C)(C)C)[Si]1(C(C)(C)C)C(C)(C)C. The summed E-state index contributed by atoms with van der Waals surface area (Å²) in [4.78, 5) is 0. The van der Waals surface area contributed by atoms with E-state index in [0.29, 0.717) is 0 Å². The predicted octanol–water partition coefficient (Wildman–Crippen LogP) is 10.4. The Balaban J connectivity index is 4.70. The largest absolute Gasteiger partial charge is 0.174 e. The summed E-state index contributed by atoms with van der Waals surface area (Å²) in [5.41, 5.74) is 0. The second kappa shape index (κ2) is 6.99. The van der Waals surface area contributed by atoms with Crippen molar-refractivity contribution < 1.29 is 0 Å². The highest BCUT2D eigenvalue weighted by atomic mass is 35.6. The van der Waals surface area contributed by atoms with E-state index in [4.69, 9.17) is 22.2 Å². The van der Waals surface area contributed by atoms with E-state index in [0.717, 1.165) is 0 Å². The first-order valence-electron chi connectivity index (χ1n) is 11.9. The average molecular weight is 526 g/mol. The number of hydrogen-bond acceptors (Lipinski definition) is 0. The van der Waals surface area contributed by atoms with Crippen molar-refractivity contribution in [2.45, 2.75) is 155 Å². The molecule has 0 nitrogen and oxygen atoms in total. The molecule has 0 N–H and O–H groups in total. The summed E-state index contributed by atoms with van der Waals surface area (Å²) >= 11 is 17.3. The molecule has 0 radical (unpaired) electrons. The van der Waals surface area contributed by atoms with Crippen molar-refractivity contribution in [3.8, 4) is 0 Å². The zero-order chi connectivity index (χ0) is 25.0. The minimum Gasteiger partial charge on any atom is -0.174 e. The summed E-state index contributed by atoms with van der Waals surface area (Å²) in [6, 6.07) is 0. The van der Waals surface area contributed by atoms with Crippen molar-refractivity contribution in [3.05, 3.63) is 0 Å². The number of hydrogen-bond donors (Lipinski definition) is 0. The molecule has 0 aromatic heterocycles. The van der Waals surface area contributed by atoms with Gasteiger partial charge in [-0.2, -0.15) is 22.2 Å². The molecule has 0 atom stereocenters. The first kappa shape index (κ1) is 29.5. The third-order valence-electron chi connectivity index (χ3n) is 8.63. The van der Waals surface area contributed by atoms with Crippen molar-refractivity contribution in [1.29, 1.82) is 0 Å². The molecule has 6 heteroatoms. The minimum absolute atomic E-state index is 0.130. The fraction of sp³-hybridized carbons (Fsp3) is 1.00. The van der Waals surface area contributed by atoms with Gasteiger partial charge in [0.1, 0.15) is 12.8 Å². The van der Waals surface area contributed by atoms with Gasteiger partial charge in [-0.05, 0) is 30.2 Å². The Kier molecular flexibility index (Phi) is 6.87. The number of halogens is 2. The summed E-state index contributed by atoms with van der Waals surface area (Å²) in [5, 5.41) is 0.985. The van der Waals surface area contributed by atoms with Crippen molar-refractivity contribution in [1.82, 2.24) is 0 Å². The maximum absolute atomic E-state index is 8.67. The van der Waals surface area contributed by atoms with Gasteiger partial charge in [-0.3, -0.25) is 0 Å². The van der Waals surface area contributed by atoms with Crippen LogP contribution in [0.1, 0.15) is 125 Å². The van der Waals surface area contributed by atoms with Gasteiger partial charge in [-0.15, -0.1) is 0 Å². The molecular weight excluding hydrogens is 472 g/mol. The van der Waals surface area contributed by atoms with E-state index in [2.05, 4.69) is 125 Å². The monoisotopic (exact) mass is 524 g/mol. The van der Waals surface area contributed by atoms with Gasteiger partial charge in [0.2, 0.25) is 0 Å². The lowest BCUT2D eigenvalue weighted by molar-refractivity contribution is 0.600. The van der Waals surface area contributed by atoms with Crippen LogP contribution in [0.4, 0.5) is 0 Å². The Morgan fingerprint density at radius 3 is 0.500 bits per heavy atom. The molecule has 0 bridgehead atoms. The molecule has 1 rings (SSSR count). The van der Waals surface area contributed by atoms with Crippen LogP contribution < -0.4 is 0 Å². The highest BCUT2D eigenvalue weighted by Crippen LogP contribution is 2.86. The summed E-state index contributed by atoms with van der Waals surface area (Å²) in [7, 11) is -4.42. The highest BCUT2D eigenvalue weighted by Gasteiger charge is 3.01. The molecule has 0 aliphatic carbocycles. The molecule has 0 spiro atoms. The van der Waals surface area contributed by atoms with Crippen LogP contribution in [0.15, 0.2) is 0 Å². The van der Waals surface area contributed by atoms with E-state index in [1.807, 2.05) is 0 Å². The van der Waals surface area contributed by atoms with Gasteiger partial charge < -0.3 is 0 Å². The summed E-state index contributed by atoms with van der Waals surface area (Å²) in [5.74, 6) is 0. The average Bonchev–Trinajstić information content (AvgIpc) is 2.27. The van der Waals surface area contributed by atoms with E-state index in [-0.39, 0.29) is 30.2 Å². The normalized spacial score (nSPS) is 30.8. The van der Waals surface area contributed by atoms with Crippen molar-refractivity contribution in [2.24, 2.45) is 0 Å². The molecule has 180 valence electrons. The second-order valence-corrected chi connectivity index (χ2v) is 62.2. The fourth-order valence-electron chi connectivity index (χ4n) is 9.61. The molecule has 0 amide bonds. The van der Waals surface area contributed by atoms with E-state index in [9.17, 15) is 0 Å². The zero-order valence-electron chi connectivity index (χ0n) is 23.8. The fourth-order valence-corrected chi connectivity index (χ4v) is 208. The molecule has 1 aliphatic rings. The molecular formula is C24H54Cl2Si4. The molecule has 1 heterocycles. The minimum atomic E-state index is -2.36. The van der Waals surface area contributed by atoms with Gasteiger partial charge in [0, 0.05) is 0 Å². The van der Waals surface area contributed by atoms with Crippen LogP contribution in [0.3, 0.4) is 0 Å². The predicted molar refractivity (Wildman–Crippen MR) is 153 cm³/mol. The molecule has 0 aromatic rings. The molecule has 1 aliphatic heterocycles. The van der Waals surface area contributed by atoms with Gasteiger partial charge in [0.15, 0.2) is 0 Å². The van der Waals surface area contributed by atoms with Crippen LogP contribution in [-0.2, 0) is 0 Å². The second-order valence-electron chi connectivity index (χ2n) is 16.3. The third kappa shape index (κ3) is 2.85. The van der Waals surface area contributed by atoms with Crippen LogP contribution in [0.5, 0.6) is 0 Å². The topological polar surface area (TPSA) is 0 Å². The van der Waals surface area contributed by atoms with Gasteiger partial charge >= 0.3 is 0 Å². The van der Waals surface area contributed by atoms with Crippen molar-refractivity contribution in [2.75, 3.05) is 0 Å². The van der Waals surface area contributed by atoms with Crippen LogP contribution >= 0.6 is 22.2 Å². The van der Waals surface area contributed by atoms with Crippen molar-refractivity contribution in [3.63, 3.8) is 0 Å². The Hall–Kier alpha value is 1.45. The quantitative estimate of drug-likeness (QED) is 0.218. The first-order valence-corrected chi connectivity index (χ1v) is 25.9. The van der Waals surface area contributed by atoms with E-state index in [1.54, 1.807) is 0 Å². The van der Waals surface area contributed by atoms with E-state index in [1.165, 1.54) is 0 Å². The van der Waals surface area contributed by atoms with Crippen LogP contribution in [0.2, 0.25) is 30.2 Å². The molecule has 0 unspecified atom stereocenters. The number of rotatable bonds is 0. The van der Waals surface area contributed by atoms with Crippen molar-refractivity contribution >= 4 is 49.2 Å². The Morgan fingerprint density at radius 2 is 0.433 bits per heavy atom. The zero-order valence-corrected chi connectivity index (χ0v) is 29.3. The maximum Gasteiger partial charge on any atom is 0.144 e. The lowest BCUT2D eigenvalue weighted by Crippen LogP contribution is -3.13. The molecule has 30 heavy (non-hydrogen) atoms. The standard InChI is InChI=1S/C24H54Cl2Si4/c1-19(2,3)27(20(4,5)6)29(25,23(13,14)15)28(21(7,8)9,22(10,11)12)30(27,26)24(16,17)18/h1-18H3. The maximum atomic E-state index is 8.67. The van der Waals surface area contributed by atoms with Crippen LogP contribution in [0, 0.1) is 0 Å². The van der Waals surface area contributed by atoms with Gasteiger partial charge in [0.05, 0.1) is 14.2 Å². The first-order chi connectivity index (χ1) is 12.5. The van der Waals surface area contributed by atoms with Crippen LogP contribution in [0.25, 0.3) is 0 Å². The van der Waals surface area contributed by atoms with Gasteiger partial charge in [0.25, 0.3) is 0 Å². The molecule has 1 saturated heterocycles. The smallest absolute Gasteiger partial charge is 0.144 e. The molecule has 0 aromatic carbocycles. The van der Waals surface area contributed by atoms with Gasteiger partial charge in [-0.1, -0.05) is 125 Å². The lowest BCUT2D eigenvalue weighted by atomic mass is 10.2. The third-order valence-corrected chi connectivity index (χ3v) is 121. The van der Waals surface area contributed by atoms with Gasteiger partial charge in [-0.25, -0.2) is 0 Å². The van der Waals surface area contributed by atoms with E-state index >= 15 is 0 Å². The Labute approximate surface area is 203 Å². The summed E-state index contributed by atoms with van der Waals surface area (Å²) < 4.78 is 0. The summed E-state index contributed by atoms with van der Waals surface area (Å²) in [6.07, 6.45) is -4.73. The Morgan fingerprint density at radius 1 is 0.300 bits per heavy atom. The molecule has 0 saturated carbocycles. The van der Waals surface area contributed by atoms with Crippen LogP contribution in [-0.4, -0.2) is 27.1 Å². The van der Waals surface area contributed by atoms with E-state index < -0.39 is 27.1 Å².